The van der Waals surface area contributed by atoms with E-state index in [1.807, 2.05) is 25.1 Å². The Bertz CT molecular complexity index is 864. The largest absolute Gasteiger partial charge is 0.448 e. The van der Waals surface area contributed by atoms with Crippen LogP contribution in [-0.4, -0.2) is 16.3 Å². The van der Waals surface area contributed by atoms with Crippen molar-refractivity contribution in [3.63, 3.8) is 0 Å². The minimum absolute atomic E-state index is 0.0322. The zero-order chi connectivity index (χ0) is 17.4. The van der Waals surface area contributed by atoms with Crippen molar-refractivity contribution in [3.8, 4) is 11.5 Å². The number of aryl methyl sites for hydroxylation is 1. The first-order chi connectivity index (χ1) is 12.0. The van der Waals surface area contributed by atoms with E-state index in [9.17, 15) is 9.59 Å². The molecule has 1 N–H and O–H groups in total. The lowest BCUT2D eigenvalue weighted by Crippen LogP contribution is -2.34. The molecular weight excluding hydrogens is 340 g/mol. The van der Waals surface area contributed by atoms with Crippen molar-refractivity contribution in [2.45, 2.75) is 51.4 Å². The summed E-state index contributed by atoms with van der Waals surface area (Å²) in [4.78, 5) is 23.8. The van der Waals surface area contributed by atoms with Gasteiger partial charge in [0.15, 0.2) is 11.5 Å². The van der Waals surface area contributed by atoms with E-state index in [0.717, 1.165) is 48.5 Å². The number of nitrogens with zero attached hydrogens (tertiary/aromatic N) is 1. The van der Waals surface area contributed by atoms with E-state index in [-0.39, 0.29) is 17.2 Å². The molecule has 1 aliphatic carbocycles. The molecule has 132 valence electrons. The Balaban J connectivity index is 1.39. The van der Waals surface area contributed by atoms with E-state index in [1.165, 1.54) is 0 Å². The van der Waals surface area contributed by atoms with Crippen LogP contribution in [0.1, 0.15) is 37.8 Å². The number of nitrogens with one attached hydrogen (secondary N) is 1. The maximum absolute atomic E-state index is 12.2. The van der Waals surface area contributed by atoms with Gasteiger partial charge in [-0.1, -0.05) is 11.3 Å². The summed E-state index contributed by atoms with van der Waals surface area (Å²) in [6, 6.07) is 5.46. The Morgan fingerprint density at radius 1 is 1.28 bits per heavy atom. The summed E-state index contributed by atoms with van der Waals surface area (Å²) in [5.74, 6) is 0.791. The van der Waals surface area contributed by atoms with E-state index >= 15 is 0 Å². The predicted molar refractivity (Wildman–Crippen MR) is 95.5 cm³/mol. The van der Waals surface area contributed by atoms with Crippen molar-refractivity contribution in [1.82, 2.24) is 4.57 Å². The fourth-order valence-corrected chi connectivity index (χ4v) is 4.16. The molecule has 0 atom stereocenters. The minimum Gasteiger partial charge on any atom is -0.448 e. The summed E-state index contributed by atoms with van der Waals surface area (Å²) in [5, 5.41) is 4.67. The number of amides is 1. The smallest absolute Gasteiger partial charge is 0.307 e. The summed E-state index contributed by atoms with van der Waals surface area (Å²) >= 11 is 1.15. The van der Waals surface area contributed by atoms with Crippen LogP contribution in [0.25, 0.3) is 0 Å². The summed E-state index contributed by atoms with van der Waals surface area (Å²) in [7, 11) is 0. The maximum Gasteiger partial charge on any atom is 0.307 e. The Morgan fingerprint density at radius 2 is 2.04 bits per heavy atom. The third-order valence-corrected chi connectivity index (χ3v) is 5.60. The number of fused-ring (bicyclic) bond motifs is 1. The summed E-state index contributed by atoms with van der Waals surface area (Å²) in [6.45, 7) is 2.25. The molecule has 0 radical (unpaired) electrons. The zero-order valence-electron chi connectivity index (χ0n) is 14.0. The van der Waals surface area contributed by atoms with Crippen molar-refractivity contribution < 1.29 is 14.3 Å². The molecule has 4 rings (SSSR count). The van der Waals surface area contributed by atoms with Gasteiger partial charge in [-0.05, 0) is 31.9 Å². The number of ether oxygens (including phenoxy) is 2. The van der Waals surface area contributed by atoms with Gasteiger partial charge in [-0.25, -0.2) is 0 Å². The SMILES string of the molecule is Cc1csc(=O)n1CCC(=O)Nc1ccc2c(c1)OC1(CCCC1)O2. The van der Waals surface area contributed by atoms with Gasteiger partial charge in [0, 0.05) is 48.6 Å². The Hall–Kier alpha value is -2.28. The molecule has 1 aromatic carbocycles. The lowest BCUT2D eigenvalue weighted by atomic mass is 10.2. The second kappa shape index (κ2) is 6.22. The van der Waals surface area contributed by atoms with Gasteiger partial charge in [0.05, 0.1) is 0 Å². The van der Waals surface area contributed by atoms with Crippen LogP contribution in [-0.2, 0) is 11.3 Å². The normalized spacial score (nSPS) is 17.2. The molecule has 1 spiro atoms. The van der Waals surface area contributed by atoms with E-state index in [4.69, 9.17) is 9.47 Å². The van der Waals surface area contributed by atoms with Gasteiger partial charge >= 0.3 is 4.87 Å². The molecule has 0 unspecified atom stereocenters. The van der Waals surface area contributed by atoms with Crippen molar-refractivity contribution in [2.24, 2.45) is 0 Å². The van der Waals surface area contributed by atoms with Gasteiger partial charge in [-0.15, -0.1) is 0 Å². The van der Waals surface area contributed by atoms with Crippen LogP contribution in [0.5, 0.6) is 11.5 Å². The molecule has 1 aromatic heterocycles. The molecular formula is C18H20N2O4S. The molecule has 2 aromatic rings. The van der Waals surface area contributed by atoms with Crippen molar-refractivity contribution in [1.29, 1.82) is 0 Å². The Kier molecular flexibility index (Phi) is 4.03. The van der Waals surface area contributed by atoms with Crippen molar-refractivity contribution in [3.05, 3.63) is 38.9 Å². The molecule has 25 heavy (non-hydrogen) atoms. The molecule has 0 saturated heterocycles. The molecule has 1 amide bonds. The minimum atomic E-state index is -0.497. The second-order valence-electron chi connectivity index (χ2n) is 6.58. The number of aromatic nitrogens is 1. The number of anilines is 1. The summed E-state index contributed by atoms with van der Waals surface area (Å²) in [5.41, 5.74) is 1.56. The summed E-state index contributed by atoms with van der Waals surface area (Å²) in [6.07, 6.45) is 4.27. The standard InChI is InChI=1S/C18H20N2O4S/c1-12-11-25-17(22)20(12)9-6-16(21)19-13-4-5-14-15(10-13)24-18(23-14)7-2-3-8-18/h4-5,10-11H,2-3,6-9H2,1H3,(H,19,21). The Morgan fingerprint density at radius 3 is 2.76 bits per heavy atom. The van der Waals surface area contributed by atoms with Gasteiger partial charge in [0.25, 0.3) is 5.79 Å². The molecule has 2 aliphatic rings. The molecule has 1 fully saturated rings. The van der Waals surface area contributed by atoms with Crippen LogP contribution in [0.4, 0.5) is 5.69 Å². The molecule has 6 nitrogen and oxygen atoms in total. The Labute approximate surface area is 149 Å². The first-order valence-corrected chi connectivity index (χ1v) is 9.40. The lowest BCUT2D eigenvalue weighted by molar-refractivity contribution is -0.116. The molecule has 0 bridgehead atoms. The molecule has 2 heterocycles. The van der Waals surface area contributed by atoms with Crippen molar-refractivity contribution in [2.75, 3.05) is 5.32 Å². The highest BCUT2D eigenvalue weighted by Crippen LogP contribution is 2.47. The highest BCUT2D eigenvalue weighted by atomic mass is 32.1. The quantitative estimate of drug-likeness (QED) is 0.908. The monoisotopic (exact) mass is 360 g/mol. The number of rotatable bonds is 4. The average Bonchev–Trinajstić information content (AvgIpc) is 3.26. The van der Waals surface area contributed by atoms with Crippen LogP contribution in [0.2, 0.25) is 0 Å². The van der Waals surface area contributed by atoms with Gasteiger partial charge in [0.2, 0.25) is 5.91 Å². The first-order valence-electron chi connectivity index (χ1n) is 8.52. The number of hydrogen-bond donors (Lipinski definition) is 1. The fraction of sp³-hybridized carbons (Fsp3) is 0.444. The number of hydrogen-bond acceptors (Lipinski definition) is 5. The number of benzene rings is 1. The second-order valence-corrected chi connectivity index (χ2v) is 7.40. The van der Waals surface area contributed by atoms with Gasteiger partial charge in [-0.2, -0.15) is 0 Å². The molecule has 1 aliphatic heterocycles. The fourth-order valence-electron chi connectivity index (χ4n) is 3.40. The maximum atomic E-state index is 12.2. The highest BCUT2D eigenvalue weighted by molar-refractivity contribution is 7.07. The lowest BCUT2D eigenvalue weighted by Gasteiger charge is -2.21. The summed E-state index contributed by atoms with van der Waals surface area (Å²) < 4.78 is 13.6. The van der Waals surface area contributed by atoms with Crippen LogP contribution in [0, 0.1) is 6.92 Å². The van der Waals surface area contributed by atoms with E-state index in [2.05, 4.69) is 5.32 Å². The van der Waals surface area contributed by atoms with E-state index in [0.29, 0.717) is 18.0 Å². The number of carbonyl (C=O) groups excluding carboxylic acids is 1. The highest BCUT2D eigenvalue weighted by Gasteiger charge is 2.44. The predicted octanol–water partition coefficient (Wildman–Crippen LogP) is 3.29. The van der Waals surface area contributed by atoms with E-state index in [1.54, 1.807) is 9.95 Å². The third kappa shape index (κ3) is 3.16. The molecule has 1 saturated carbocycles. The van der Waals surface area contributed by atoms with Crippen molar-refractivity contribution >= 4 is 22.9 Å². The third-order valence-electron chi connectivity index (χ3n) is 4.72. The topological polar surface area (TPSA) is 69.6 Å². The zero-order valence-corrected chi connectivity index (χ0v) is 14.9. The van der Waals surface area contributed by atoms with Crippen LogP contribution in [0.3, 0.4) is 0 Å². The van der Waals surface area contributed by atoms with E-state index < -0.39 is 5.79 Å². The molecule has 7 heteroatoms. The number of thiazole rings is 1. The van der Waals surface area contributed by atoms with Gasteiger partial charge in [0.1, 0.15) is 0 Å². The average molecular weight is 360 g/mol. The van der Waals surface area contributed by atoms with Crippen LogP contribution in [0.15, 0.2) is 28.4 Å². The first kappa shape index (κ1) is 16.2. The number of carbonyl (C=O) groups is 1. The van der Waals surface area contributed by atoms with Crippen LogP contribution >= 0.6 is 11.3 Å². The van der Waals surface area contributed by atoms with Gasteiger partial charge in [-0.3, -0.25) is 9.59 Å². The van der Waals surface area contributed by atoms with Crippen LogP contribution < -0.4 is 19.7 Å². The van der Waals surface area contributed by atoms with Gasteiger partial charge < -0.3 is 19.4 Å².